The maximum absolute atomic E-state index is 13.7. The van der Waals surface area contributed by atoms with E-state index in [0.717, 1.165) is 35.1 Å². The first-order chi connectivity index (χ1) is 18.3. The minimum atomic E-state index is -4.03. The summed E-state index contributed by atoms with van der Waals surface area (Å²) in [6, 6.07) is 19.8. The molecule has 3 aromatic rings. The molecule has 9 heteroatoms. The van der Waals surface area contributed by atoms with Crippen LogP contribution < -0.4 is 14.4 Å². The third-order valence-electron chi connectivity index (χ3n) is 6.69. The minimum Gasteiger partial charge on any atom is -0.496 e. The molecule has 1 amide bonds. The highest BCUT2D eigenvalue weighted by atomic mass is 79.9. The maximum atomic E-state index is 13.7. The molecule has 1 heterocycles. The van der Waals surface area contributed by atoms with Crippen molar-refractivity contribution in [1.82, 2.24) is 10.2 Å². The van der Waals surface area contributed by atoms with Crippen LogP contribution in [0.2, 0.25) is 0 Å². The largest absolute Gasteiger partial charge is 0.496 e. The number of nitrogens with one attached hydrogen (secondary N) is 1. The highest BCUT2D eigenvalue weighted by molar-refractivity contribution is 9.10. The maximum Gasteiger partial charge on any atom is 0.264 e. The highest BCUT2D eigenvalue weighted by Gasteiger charge is 2.28. The van der Waals surface area contributed by atoms with Gasteiger partial charge >= 0.3 is 0 Å². The lowest BCUT2D eigenvalue weighted by Crippen LogP contribution is -2.40. The molecule has 0 aliphatic carbocycles. The lowest BCUT2D eigenvalue weighted by atomic mass is 10.1. The SMILES string of the molecule is COc1ccc(S(=O)(=O)N(CC(=O)NCc2ccc(CN3CCCCC3)cc2)c2ccc(C)cc2)cc1Br. The molecule has 0 saturated carbocycles. The van der Waals surface area contributed by atoms with Crippen molar-refractivity contribution in [1.29, 1.82) is 0 Å². The van der Waals surface area contributed by atoms with Crippen LogP contribution in [0.15, 0.2) is 76.1 Å². The van der Waals surface area contributed by atoms with Crippen molar-refractivity contribution in [2.45, 2.75) is 44.2 Å². The van der Waals surface area contributed by atoms with E-state index in [4.69, 9.17) is 4.74 Å². The number of ether oxygens (including phenoxy) is 1. The van der Waals surface area contributed by atoms with Gasteiger partial charge in [-0.1, -0.05) is 48.4 Å². The van der Waals surface area contributed by atoms with Gasteiger partial charge in [-0.25, -0.2) is 8.42 Å². The minimum absolute atomic E-state index is 0.0582. The lowest BCUT2D eigenvalue weighted by Gasteiger charge is -2.26. The molecular formula is C29H34BrN3O4S. The summed E-state index contributed by atoms with van der Waals surface area (Å²) in [4.78, 5) is 15.5. The zero-order valence-corrected chi connectivity index (χ0v) is 24.2. The molecule has 0 bridgehead atoms. The summed E-state index contributed by atoms with van der Waals surface area (Å²) in [5, 5.41) is 2.88. The molecule has 3 aromatic carbocycles. The number of carbonyl (C=O) groups is 1. The van der Waals surface area contributed by atoms with Crippen molar-refractivity contribution in [3.63, 3.8) is 0 Å². The van der Waals surface area contributed by atoms with Crippen LogP contribution in [0.5, 0.6) is 5.75 Å². The fourth-order valence-electron chi connectivity index (χ4n) is 4.49. The smallest absolute Gasteiger partial charge is 0.264 e. The van der Waals surface area contributed by atoms with E-state index >= 15 is 0 Å². The summed E-state index contributed by atoms with van der Waals surface area (Å²) >= 11 is 3.36. The number of methoxy groups -OCH3 is 1. The van der Waals surface area contributed by atoms with Gasteiger partial charge in [-0.15, -0.1) is 0 Å². The number of halogens is 1. The zero-order valence-electron chi connectivity index (χ0n) is 21.8. The summed E-state index contributed by atoms with van der Waals surface area (Å²) < 4.78 is 34.2. The Morgan fingerprint density at radius 2 is 1.63 bits per heavy atom. The van der Waals surface area contributed by atoms with Gasteiger partial charge in [0, 0.05) is 13.1 Å². The van der Waals surface area contributed by atoms with E-state index in [1.54, 1.807) is 18.2 Å². The molecular weight excluding hydrogens is 566 g/mol. The quantitative estimate of drug-likeness (QED) is 0.344. The fourth-order valence-corrected chi connectivity index (χ4v) is 6.63. The zero-order chi connectivity index (χ0) is 27.1. The Morgan fingerprint density at radius 3 is 2.26 bits per heavy atom. The van der Waals surface area contributed by atoms with Gasteiger partial charge in [-0.05, 0) is 90.2 Å². The van der Waals surface area contributed by atoms with Crippen LogP contribution in [0.1, 0.15) is 36.0 Å². The van der Waals surface area contributed by atoms with Gasteiger partial charge in [-0.2, -0.15) is 0 Å². The number of anilines is 1. The molecule has 0 spiro atoms. The number of sulfonamides is 1. The molecule has 202 valence electrons. The van der Waals surface area contributed by atoms with Gasteiger partial charge in [-0.3, -0.25) is 14.0 Å². The third kappa shape index (κ3) is 7.15. The number of carbonyl (C=O) groups excluding carboxylic acids is 1. The van der Waals surface area contributed by atoms with Crippen molar-refractivity contribution in [2.24, 2.45) is 0 Å². The second-order valence-corrected chi connectivity index (χ2v) is 12.3. The Labute approximate surface area is 234 Å². The molecule has 1 fully saturated rings. The van der Waals surface area contributed by atoms with Crippen molar-refractivity contribution in [2.75, 3.05) is 31.0 Å². The molecule has 4 rings (SSSR count). The van der Waals surface area contributed by atoms with Crippen LogP contribution in [0, 0.1) is 6.92 Å². The molecule has 1 aliphatic heterocycles. The van der Waals surface area contributed by atoms with Gasteiger partial charge < -0.3 is 10.1 Å². The van der Waals surface area contributed by atoms with Gasteiger partial charge in [0.25, 0.3) is 10.0 Å². The first kappa shape index (κ1) is 28.1. The second-order valence-electron chi connectivity index (χ2n) is 9.57. The molecule has 0 radical (unpaired) electrons. The van der Waals surface area contributed by atoms with E-state index in [1.807, 2.05) is 31.2 Å². The predicted molar refractivity (Wildman–Crippen MR) is 154 cm³/mol. The average Bonchev–Trinajstić information content (AvgIpc) is 2.92. The topological polar surface area (TPSA) is 79.0 Å². The van der Waals surface area contributed by atoms with Crippen molar-refractivity contribution < 1.29 is 17.9 Å². The van der Waals surface area contributed by atoms with Crippen LogP contribution in [-0.2, 0) is 27.9 Å². The van der Waals surface area contributed by atoms with Crippen LogP contribution in [0.3, 0.4) is 0 Å². The van der Waals surface area contributed by atoms with E-state index in [9.17, 15) is 13.2 Å². The normalized spacial score (nSPS) is 14.2. The van der Waals surface area contributed by atoms with E-state index < -0.39 is 10.0 Å². The monoisotopic (exact) mass is 599 g/mol. The number of likely N-dealkylation sites (tertiary alicyclic amines) is 1. The van der Waals surface area contributed by atoms with Gasteiger partial charge in [0.15, 0.2) is 0 Å². The fraction of sp³-hybridized carbons (Fsp3) is 0.345. The van der Waals surface area contributed by atoms with Crippen LogP contribution in [0.25, 0.3) is 0 Å². The predicted octanol–water partition coefficient (Wildman–Crippen LogP) is 5.26. The molecule has 1 saturated heterocycles. The Hall–Kier alpha value is -2.88. The molecule has 38 heavy (non-hydrogen) atoms. The number of rotatable bonds is 10. The number of benzene rings is 3. The Kier molecular flexibility index (Phi) is 9.46. The third-order valence-corrected chi connectivity index (χ3v) is 9.08. The highest BCUT2D eigenvalue weighted by Crippen LogP contribution is 2.30. The number of hydrogen-bond donors (Lipinski definition) is 1. The Morgan fingerprint density at radius 1 is 0.974 bits per heavy atom. The van der Waals surface area contributed by atoms with Gasteiger partial charge in [0.1, 0.15) is 12.3 Å². The number of piperidine rings is 1. The number of amides is 1. The molecule has 1 N–H and O–H groups in total. The summed E-state index contributed by atoms with van der Waals surface area (Å²) in [5.74, 6) is 0.129. The Bertz CT molecular complexity index is 1340. The molecule has 1 aliphatic rings. The van der Waals surface area contributed by atoms with Crippen molar-refractivity contribution in [3.05, 3.63) is 87.9 Å². The molecule has 7 nitrogen and oxygen atoms in total. The molecule has 0 atom stereocenters. The summed E-state index contributed by atoms with van der Waals surface area (Å²) in [7, 11) is -2.52. The van der Waals surface area contributed by atoms with Crippen molar-refractivity contribution >= 4 is 37.5 Å². The second kappa shape index (κ2) is 12.8. The standard InChI is InChI=1S/C29H34BrN3O4S/c1-22-6-12-25(13-7-22)33(38(35,36)26-14-15-28(37-2)27(30)18-26)21-29(34)31-19-23-8-10-24(11-9-23)20-32-16-4-3-5-17-32/h6-15,18H,3-5,16-17,19-21H2,1-2H3,(H,31,34). The molecule has 0 aromatic heterocycles. The first-order valence-electron chi connectivity index (χ1n) is 12.8. The lowest BCUT2D eigenvalue weighted by molar-refractivity contribution is -0.119. The average molecular weight is 601 g/mol. The first-order valence-corrected chi connectivity index (χ1v) is 15.0. The van der Waals surface area contributed by atoms with E-state index in [2.05, 4.69) is 38.3 Å². The van der Waals surface area contributed by atoms with E-state index in [0.29, 0.717) is 22.5 Å². The van der Waals surface area contributed by atoms with Gasteiger partial charge in [0.05, 0.1) is 22.2 Å². The Balaban J connectivity index is 1.45. The van der Waals surface area contributed by atoms with E-state index in [-0.39, 0.29) is 17.3 Å². The van der Waals surface area contributed by atoms with Crippen molar-refractivity contribution in [3.8, 4) is 5.75 Å². The van der Waals surface area contributed by atoms with Crippen LogP contribution >= 0.6 is 15.9 Å². The van der Waals surface area contributed by atoms with Gasteiger partial charge in [0.2, 0.25) is 5.91 Å². The van der Waals surface area contributed by atoms with Crippen LogP contribution in [0.4, 0.5) is 5.69 Å². The van der Waals surface area contributed by atoms with E-state index in [1.165, 1.54) is 44.1 Å². The number of hydrogen-bond acceptors (Lipinski definition) is 5. The summed E-state index contributed by atoms with van der Waals surface area (Å²) in [6.07, 6.45) is 3.83. The molecule has 0 unspecified atom stereocenters. The summed E-state index contributed by atoms with van der Waals surface area (Å²) in [5.41, 5.74) is 3.63. The number of nitrogens with zero attached hydrogens (tertiary/aromatic N) is 2. The number of aryl methyl sites for hydroxylation is 1. The van der Waals surface area contributed by atoms with Crippen LogP contribution in [-0.4, -0.2) is 46.0 Å². The summed E-state index contributed by atoms with van der Waals surface area (Å²) in [6.45, 7) is 5.13.